The van der Waals surface area contributed by atoms with Crippen LogP contribution in [0.15, 0.2) is 40.1 Å². The van der Waals surface area contributed by atoms with E-state index in [1.54, 1.807) is 5.51 Å². The fourth-order valence-corrected chi connectivity index (χ4v) is 3.16. The van der Waals surface area contributed by atoms with Crippen LogP contribution in [-0.4, -0.2) is 31.0 Å². The number of hydrogen-bond donors (Lipinski definition) is 2. The van der Waals surface area contributed by atoms with Gasteiger partial charge in [0, 0.05) is 18.3 Å². The van der Waals surface area contributed by atoms with E-state index in [9.17, 15) is 13.2 Å². The Hall–Kier alpha value is -1.77. The van der Waals surface area contributed by atoms with Crippen LogP contribution >= 0.6 is 11.3 Å². The van der Waals surface area contributed by atoms with E-state index in [4.69, 9.17) is 5.11 Å². The van der Waals surface area contributed by atoms with Crippen LogP contribution in [0.3, 0.4) is 0 Å². The highest BCUT2D eigenvalue weighted by Crippen LogP contribution is 2.10. The normalized spacial score (nSPS) is 11.4. The average molecular weight is 312 g/mol. The Balaban J connectivity index is 2.00. The second-order valence-corrected chi connectivity index (χ2v) is 6.44. The van der Waals surface area contributed by atoms with E-state index in [1.807, 2.05) is 5.38 Å². The van der Waals surface area contributed by atoms with E-state index >= 15 is 0 Å². The Labute approximate surface area is 120 Å². The Kier molecular flexibility index (Phi) is 4.48. The number of rotatable bonds is 6. The third kappa shape index (κ3) is 3.62. The minimum absolute atomic E-state index is 0.0424. The molecule has 0 amide bonds. The third-order valence-electron chi connectivity index (χ3n) is 2.57. The molecule has 6 nitrogen and oxygen atoms in total. The molecule has 20 heavy (non-hydrogen) atoms. The molecular formula is C12H12N2O4S2. The summed E-state index contributed by atoms with van der Waals surface area (Å²) in [6, 6.07) is 5.07. The number of nitrogens with one attached hydrogen (secondary N) is 1. The maximum absolute atomic E-state index is 12.0. The highest BCUT2D eigenvalue weighted by molar-refractivity contribution is 7.89. The first-order valence-corrected chi connectivity index (χ1v) is 8.12. The van der Waals surface area contributed by atoms with Crippen LogP contribution in [0, 0.1) is 0 Å². The molecule has 2 rings (SSSR count). The number of nitrogens with zero attached hydrogens (tertiary/aromatic N) is 1. The topological polar surface area (TPSA) is 96.4 Å². The van der Waals surface area contributed by atoms with Crippen LogP contribution in [0.2, 0.25) is 0 Å². The zero-order valence-electron chi connectivity index (χ0n) is 10.3. The molecule has 0 aliphatic heterocycles. The van der Waals surface area contributed by atoms with Gasteiger partial charge >= 0.3 is 5.97 Å². The van der Waals surface area contributed by atoms with Crippen molar-refractivity contribution in [1.29, 1.82) is 0 Å². The molecule has 106 valence electrons. The van der Waals surface area contributed by atoms with Gasteiger partial charge in [-0.2, -0.15) is 0 Å². The van der Waals surface area contributed by atoms with Crippen molar-refractivity contribution < 1.29 is 18.3 Å². The fraction of sp³-hybridized carbons (Fsp3) is 0.167. The Morgan fingerprint density at radius 1 is 1.30 bits per heavy atom. The SMILES string of the molecule is O=C(O)c1ccc(S(=O)(=O)NCCc2cscn2)cc1. The predicted molar refractivity (Wildman–Crippen MR) is 74.4 cm³/mol. The zero-order valence-corrected chi connectivity index (χ0v) is 11.9. The average Bonchev–Trinajstić information content (AvgIpc) is 2.92. The molecule has 1 aromatic carbocycles. The molecule has 0 spiro atoms. The molecule has 8 heteroatoms. The van der Waals surface area contributed by atoms with E-state index in [-0.39, 0.29) is 17.0 Å². The van der Waals surface area contributed by atoms with E-state index in [0.717, 1.165) is 5.69 Å². The van der Waals surface area contributed by atoms with Crippen LogP contribution in [-0.2, 0) is 16.4 Å². The van der Waals surface area contributed by atoms with Crippen molar-refractivity contribution in [2.45, 2.75) is 11.3 Å². The van der Waals surface area contributed by atoms with Crippen molar-refractivity contribution >= 4 is 27.3 Å². The van der Waals surface area contributed by atoms with Crippen LogP contribution < -0.4 is 4.72 Å². The van der Waals surface area contributed by atoms with Gasteiger partial charge in [0.25, 0.3) is 0 Å². The second kappa shape index (κ2) is 6.12. The van der Waals surface area contributed by atoms with Crippen molar-refractivity contribution in [3.63, 3.8) is 0 Å². The summed E-state index contributed by atoms with van der Waals surface area (Å²) < 4.78 is 26.4. The van der Waals surface area contributed by atoms with Crippen molar-refractivity contribution in [2.24, 2.45) is 0 Å². The maximum atomic E-state index is 12.0. The maximum Gasteiger partial charge on any atom is 0.335 e. The zero-order chi connectivity index (χ0) is 14.6. The quantitative estimate of drug-likeness (QED) is 0.839. The molecule has 0 aliphatic rings. The third-order valence-corrected chi connectivity index (χ3v) is 4.68. The molecular weight excluding hydrogens is 300 g/mol. The molecule has 1 heterocycles. The van der Waals surface area contributed by atoms with E-state index in [1.165, 1.54) is 35.6 Å². The highest BCUT2D eigenvalue weighted by atomic mass is 32.2. The molecule has 0 aliphatic carbocycles. The van der Waals surface area contributed by atoms with Gasteiger partial charge in [0.2, 0.25) is 10.0 Å². The molecule has 0 fully saturated rings. The number of carboxylic acid groups (broad SMARTS) is 1. The van der Waals surface area contributed by atoms with Crippen molar-refractivity contribution in [1.82, 2.24) is 9.71 Å². The van der Waals surface area contributed by atoms with E-state index in [0.29, 0.717) is 6.42 Å². The number of aromatic carboxylic acids is 1. The van der Waals surface area contributed by atoms with Crippen molar-refractivity contribution in [3.8, 4) is 0 Å². The van der Waals surface area contributed by atoms with E-state index < -0.39 is 16.0 Å². The van der Waals surface area contributed by atoms with Gasteiger partial charge in [-0.25, -0.2) is 22.9 Å². The molecule has 2 N–H and O–H groups in total. The largest absolute Gasteiger partial charge is 0.478 e. The minimum Gasteiger partial charge on any atom is -0.478 e. The number of aromatic nitrogens is 1. The van der Waals surface area contributed by atoms with Gasteiger partial charge in [0.1, 0.15) is 0 Å². The molecule has 0 saturated heterocycles. The molecule has 2 aromatic rings. The lowest BCUT2D eigenvalue weighted by Crippen LogP contribution is -2.26. The number of carboxylic acids is 1. The smallest absolute Gasteiger partial charge is 0.335 e. The molecule has 0 radical (unpaired) electrons. The number of thiazole rings is 1. The first kappa shape index (κ1) is 14.6. The number of sulfonamides is 1. The summed E-state index contributed by atoms with van der Waals surface area (Å²) in [5.74, 6) is -1.09. The van der Waals surface area contributed by atoms with Gasteiger partial charge in [-0.3, -0.25) is 0 Å². The van der Waals surface area contributed by atoms with Gasteiger partial charge in [0.05, 0.1) is 21.7 Å². The van der Waals surface area contributed by atoms with Gasteiger partial charge in [-0.05, 0) is 24.3 Å². The number of hydrogen-bond acceptors (Lipinski definition) is 5. The van der Waals surface area contributed by atoms with Gasteiger partial charge in [-0.1, -0.05) is 0 Å². The molecule has 0 atom stereocenters. The lowest BCUT2D eigenvalue weighted by Gasteiger charge is -2.06. The predicted octanol–water partition coefficient (Wildman–Crippen LogP) is 1.36. The second-order valence-electron chi connectivity index (χ2n) is 3.96. The monoisotopic (exact) mass is 312 g/mol. The summed E-state index contributed by atoms with van der Waals surface area (Å²) in [6.07, 6.45) is 0.510. The summed E-state index contributed by atoms with van der Waals surface area (Å²) in [5.41, 5.74) is 2.57. The summed E-state index contributed by atoms with van der Waals surface area (Å²) in [6.45, 7) is 0.243. The summed E-state index contributed by atoms with van der Waals surface area (Å²) >= 11 is 1.45. The number of benzene rings is 1. The van der Waals surface area contributed by atoms with Crippen LogP contribution in [0.5, 0.6) is 0 Å². The summed E-state index contributed by atoms with van der Waals surface area (Å²) in [7, 11) is -3.62. The molecule has 0 saturated carbocycles. The highest BCUT2D eigenvalue weighted by Gasteiger charge is 2.14. The molecule has 0 unspecified atom stereocenters. The summed E-state index contributed by atoms with van der Waals surface area (Å²) in [4.78, 5) is 14.8. The van der Waals surface area contributed by atoms with Crippen LogP contribution in [0.4, 0.5) is 0 Å². The van der Waals surface area contributed by atoms with Gasteiger partial charge in [0.15, 0.2) is 0 Å². The fourth-order valence-electron chi connectivity index (χ4n) is 1.53. The lowest BCUT2D eigenvalue weighted by molar-refractivity contribution is 0.0696. The van der Waals surface area contributed by atoms with Crippen molar-refractivity contribution in [3.05, 3.63) is 46.4 Å². The first-order chi connectivity index (χ1) is 9.49. The van der Waals surface area contributed by atoms with Gasteiger partial charge < -0.3 is 5.11 Å². The van der Waals surface area contributed by atoms with Crippen LogP contribution in [0.25, 0.3) is 0 Å². The Morgan fingerprint density at radius 3 is 2.55 bits per heavy atom. The first-order valence-electron chi connectivity index (χ1n) is 5.69. The van der Waals surface area contributed by atoms with Gasteiger partial charge in [-0.15, -0.1) is 11.3 Å². The van der Waals surface area contributed by atoms with Crippen molar-refractivity contribution in [2.75, 3.05) is 6.54 Å². The summed E-state index contributed by atoms with van der Waals surface area (Å²) in [5, 5.41) is 10.6. The Morgan fingerprint density at radius 2 is 2.00 bits per heavy atom. The minimum atomic E-state index is -3.62. The van der Waals surface area contributed by atoms with Crippen LogP contribution in [0.1, 0.15) is 16.1 Å². The molecule has 0 bridgehead atoms. The number of carbonyl (C=O) groups is 1. The Bertz CT molecular complexity index is 679. The lowest BCUT2D eigenvalue weighted by atomic mass is 10.2. The molecule has 1 aromatic heterocycles. The van der Waals surface area contributed by atoms with E-state index in [2.05, 4.69) is 9.71 Å². The standard InChI is InChI=1S/C12H12N2O4S2/c15-12(16)9-1-3-11(4-2-9)20(17,18)14-6-5-10-7-19-8-13-10/h1-4,7-8,14H,5-6H2,(H,15,16).